The summed E-state index contributed by atoms with van der Waals surface area (Å²) in [5.74, 6) is 1.46. The van der Waals surface area contributed by atoms with Crippen LogP contribution in [0.3, 0.4) is 0 Å². The van der Waals surface area contributed by atoms with E-state index in [1.54, 1.807) is 32.4 Å². The van der Waals surface area contributed by atoms with Crippen molar-refractivity contribution in [2.45, 2.75) is 26.3 Å². The Bertz CT molecular complexity index is 447. The summed E-state index contributed by atoms with van der Waals surface area (Å²) in [4.78, 5) is 12.2. The van der Waals surface area contributed by atoms with Crippen molar-refractivity contribution < 1.29 is 14.3 Å². The second-order valence-corrected chi connectivity index (χ2v) is 5.11. The second-order valence-electron chi connectivity index (χ2n) is 5.11. The molecule has 0 spiro atoms. The number of benzene rings is 1. The number of ether oxygens (including phenoxy) is 2. The minimum atomic E-state index is -0.151. The molecule has 1 amide bonds. The van der Waals surface area contributed by atoms with E-state index in [0.29, 0.717) is 29.5 Å². The van der Waals surface area contributed by atoms with Crippen LogP contribution < -0.4 is 20.5 Å². The molecule has 0 radical (unpaired) electrons. The molecule has 5 heteroatoms. The monoisotopic (exact) mass is 280 g/mol. The van der Waals surface area contributed by atoms with E-state index in [1.165, 1.54) is 0 Å². The molecule has 20 heavy (non-hydrogen) atoms. The molecule has 1 unspecified atom stereocenters. The Hall–Kier alpha value is -1.75. The first-order chi connectivity index (χ1) is 9.51. The third-order valence-electron chi connectivity index (χ3n) is 3.02. The highest BCUT2D eigenvalue weighted by Crippen LogP contribution is 2.27. The number of methoxy groups -OCH3 is 2. The number of nitrogens with two attached hydrogens (primary N) is 1. The summed E-state index contributed by atoms with van der Waals surface area (Å²) in [5.41, 5.74) is 6.22. The van der Waals surface area contributed by atoms with Crippen molar-refractivity contribution in [1.82, 2.24) is 5.32 Å². The van der Waals surface area contributed by atoms with E-state index in [-0.39, 0.29) is 11.9 Å². The van der Waals surface area contributed by atoms with Gasteiger partial charge in [-0.2, -0.15) is 0 Å². The average Bonchev–Trinajstić information content (AvgIpc) is 2.45. The van der Waals surface area contributed by atoms with E-state index in [9.17, 15) is 4.79 Å². The maximum atomic E-state index is 12.2. The highest BCUT2D eigenvalue weighted by Gasteiger charge is 2.15. The summed E-state index contributed by atoms with van der Waals surface area (Å²) in [6.07, 6.45) is 0.857. The van der Waals surface area contributed by atoms with E-state index < -0.39 is 0 Å². The largest absolute Gasteiger partial charge is 0.493 e. The lowest BCUT2D eigenvalue weighted by Crippen LogP contribution is -2.41. The van der Waals surface area contributed by atoms with Gasteiger partial charge in [-0.1, -0.05) is 13.8 Å². The maximum Gasteiger partial charge on any atom is 0.251 e. The molecule has 0 heterocycles. The molecule has 1 rings (SSSR count). The highest BCUT2D eigenvalue weighted by atomic mass is 16.5. The fourth-order valence-electron chi connectivity index (χ4n) is 2.03. The molecule has 0 aliphatic rings. The molecule has 0 saturated carbocycles. The first-order valence-corrected chi connectivity index (χ1v) is 6.74. The zero-order valence-corrected chi connectivity index (χ0v) is 12.6. The van der Waals surface area contributed by atoms with Crippen molar-refractivity contribution in [3.05, 3.63) is 23.8 Å². The van der Waals surface area contributed by atoms with Gasteiger partial charge in [-0.3, -0.25) is 4.79 Å². The van der Waals surface area contributed by atoms with Gasteiger partial charge in [0.05, 0.1) is 14.2 Å². The summed E-state index contributed by atoms with van der Waals surface area (Å²) in [6.45, 7) is 4.63. The molecule has 0 fully saturated rings. The first-order valence-electron chi connectivity index (χ1n) is 6.74. The van der Waals surface area contributed by atoms with Crippen molar-refractivity contribution in [2.75, 3.05) is 20.8 Å². The summed E-state index contributed by atoms with van der Waals surface area (Å²) in [6, 6.07) is 5.07. The predicted molar refractivity (Wildman–Crippen MR) is 79.3 cm³/mol. The molecule has 5 nitrogen and oxygen atoms in total. The lowest BCUT2D eigenvalue weighted by atomic mass is 10.0. The standard InChI is InChI=1S/C15H24N2O3/c1-10(2)7-12(9-16)17-15(18)11-5-6-13(19-3)14(8-11)20-4/h5-6,8,10,12H,7,9,16H2,1-4H3,(H,17,18). The smallest absolute Gasteiger partial charge is 0.251 e. The average molecular weight is 280 g/mol. The van der Waals surface area contributed by atoms with Crippen LogP contribution in [0.15, 0.2) is 18.2 Å². The highest BCUT2D eigenvalue weighted by molar-refractivity contribution is 5.95. The lowest BCUT2D eigenvalue weighted by molar-refractivity contribution is 0.0933. The SMILES string of the molecule is COc1ccc(C(=O)NC(CN)CC(C)C)cc1OC. The molecule has 0 aliphatic carbocycles. The van der Waals surface area contributed by atoms with Crippen molar-refractivity contribution in [1.29, 1.82) is 0 Å². The molecule has 3 N–H and O–H groups in total. The minimum absolute atomic E-state index is 0.0180. The Balaban J connectivity index is 2.81. The second kappa shape index (κ2) is 7.75. The third-order valence-corrected chi connectivity index (χ3v) is 3.02. The van der Waals surface area contributed by atoms with Gasteiger partial charge in [0, 0.05) is 18.2 Å². The number of nitrogens with one attached hydrogen (secondary N) is 1. The molecule has 0 saturated heterocycles. The Kier molecular flexibility index (Phi) is 6.31. The number of amides is 1. The first kappa shape index (κ1) is 16.3. The van der Waals surface area contributed by atoms with Crippen LogP contribution in [0.2, 0.25) is 0 Å². The number of carbonyl (C=O) groups excluding carboxylic acids is 1. The van der Waals surface area contributed by atoms with Crippen LogP contribution in [0.4, 0.5) is 0 Å². The summed E-state index contributed by atoms with van der Waals surface area (Å²) in [5, 5.41) is 2.94. The fraction of sp³-hybridized carbons (Fsp3) is 0.533. The molecular formula is C15H24N2O3. The van der Waals surface area contributed by atoms with Gasteiger partial charge in [0.2, 0.25) is 0 Å². The number of carbonyl (C=O) groups is 1. The van der Waals surface area contributed by atoms with Crippen molar-refractivity contribution in [3.8, 4) is 11.5 Å². The van der Waals surface area contributed by atoms with Gasteiger partial charge < -0.3 is 20.5 Å². The molecular weight excluding hydrogens is 256 g/mol. The summed E-state index contributed by atoms with van der Waals surface area (Å²) in [7, 11) is 3.10. The maximum absolute atomic E-state index is 12.2. The molecule has 1 aromatic rings. The Morgan fingerprint density at radius 2 is 1.90 bits per heavy atom. The van der Waals surface area contributed by atoms with Crippen LogP contribution in [-0.2, 0) is 0 Å². The van der Waals surface area contributed by atoms with Crippen molar-refractivity contribution in [3.63, 3.8) is 0 Å². The molecule has 112 valence electrons. The molecule has 1 aromatic carbocycles. The van der Waals surface area contributed by atoms with E-state index in [0.717, 1.165) is 6.42 Å². The van der Waals surface area contributed by atoms with E-state index in [2.05, 4.69) is 19.2 Å². The lowest BCUT2D eigenvalue weighted by Gasteiger charge is -2.19. The van der Waals surface area contributed by atoms with Crippen LogP contribution in [0.1, 0.15) is 30.6 Å². The van der Waals surface area contributed by atoms with Gasteiger partial charge in [0.15, 0.2) is 11.5 Å². The fourth-order valence-corrected chi connectivity index (χ4v) is 2.03. The third kappa shape index (κ3) is 4.42. The van der Waals surface area contributed by atoms with Crippen LogP contribution in [-0.4, -0.2) is 32.7 Å². The van der Waals surface area contributed by atoms with Crippen LogP contribution >= 0.6 is 0 Å². The number of hydrogen-bond donors (Lipinski definition) is 2. The number of hydrogen-bond acceptors (Lipinski definition) is 4. The van der Waals surface area contributed by atoms with Gasteiger partial charge in [0.1, 0.15) is 0 Å². The Labute approximate surface area is 120 Å². The molecule has 0 aliphatic heterocycles. The van der Waals surface area contributed by atoms with E-state index >= 15 is 0 Å². The predicted octanol–water partition coefficient (Wildman–Crippen LogP) is 1.81. The minimum Gasteiger partial charge on any atom is -0.493 e. The van der Waals surface area contributed by atoms with Gasteiger partial charge in [-0.15, -0.1) is 0 Å². The topological polar surface area (TPSA) is 73.6 Å². The van der Waals surface area contributed by atoms with E-state index in [4.69, 9.17) is 15.2 Å². The zero-order chi connectivity index (χ0) is 15.1. The van der Waals surface area contributed by atoms with Crippen LogP contribution in [0.5, 0.6) is 11.5 Å². The molecule has 0 bridgehead atoms. The van der Waals surface area contributed by atoms with Crippen LogP contribution in [0, 0.1) is 5.92 Å². The summed E-state index contributed by atoms with van der Waals surface area (Å²) < 4.78 is 10.3. The normalized spacial score (nSPS) is 12.1. The van der Waals surface area contributed by atoms with Crippen molar-refractivity contribution >= 4 is 5.91 Å². The van der Waals surface area contributed by atoms with Gasteiger partial charge >= 0.3 is 0 Å². The molecule has 0 aromatic heterocycles. The zero-order valence-electron chi connectivity index (χ0n) is 12.6. The Morgan fingerprint density at radius 1 is 1.25 bits per heavy atom. The quantitative estimate of drug-likeness (QED) is 0.799. The number of rotatable bonds is 7. The van der Waals surface area contributed by atoms with E-state index in [1.807, 2.05) is 0 Å². The Morgan fingerprint density at radius 3 is 2.40 bits per heavy atom. The van der Waals surface area contributed by atoms with Gasteiger partial charge in [0.25, 0.3) is 5.91 Å². The van der Waals surface area contributed by atoms with Gasteiger partial charge in [-0.05, 0) is 30.5 Å². The summed E-state index contributed by atoms with van der Waals surface area (Å²) >= 11 is 0. The van der Waals surface area contributed by atoms with Gasteiger partial charge in [-0.25, -0.2) is 0 Å². The molecule has 1 atom stereocenters. The van der Waals surface area contributed by atoms with Crippen molar-refractivity contribution in [2.24, 2.45) is 11.7 Å². The van der Waals surface area contributed by atoms with Crippen LogP contribution in [0.25, 0.3) is 0 Å².